The summed E-state index contributed by atoms with van der Waals surface area (Å²) >= 11 is 0. The summed E-state index contributed by atoms with van der Waals surface area (Å²) in [5.41, 5.74) is 1.95. The van der Waals surface area contributed by atoms with Crippen LogP contribution < -0.4 is 15.5 Å². The number of para-hydroxylation sites is 2. The third-order valence-corrected chi connectivity index (χ3v) is 4.09. The van der Waals surface area contributed by atoms with Crippen LogP contribution in [-0.4, -0.2) is 37.9 Å². The summed E-state index contributed by atoms with van der Waals surface area (Å²) in [6, 6.07) is 8.14. The van der Waals surface area contributed by atoms with E-state index in [1.54, 1.807) is 0 Å². The number of hydrogen-bond acceptors (Lipinski definition) is 4. The highest BCUT2D eigenvalue weighted by atomic mass is 16.5. The van der Waals surface area contributed by atoms with E-state index in [0.717, 1.165) is 43.9 Å². The van der Waals surface area contributed by atoms with Gasteiger partial charge < -0.3 is 20.3 Å². The third kappa shape index (κ3) is 3.04. The Balaban J connectivity index is 1.88. The molecule has 0 aromatic heterocycles. The number of carbonyl (C=O) groups is 1. The second-order valence-corrected chi connectivity index (χ2v) is 5.67. The first-order valence-corrected chi connectivity index (χ1v) is 7.79. The van der Waals surface area contributed by atoms with Gasteiger partial charge in [0.1, 0.15) is 6.23 Å². The van der Waals surface area contributed by atoms with E-state index < -0.39 is 0 Å². The average molecular weight is 289 g/mol. The zero-order chi connectivity index (χ0) is 14.7. The fourth-order valence-corrected chi connectivity index (χ4v) is 3.05. The number of nitrogens with one attached hydrogen (secondary N) is 2. The lowest BCUT2D eigenvalue weighted by atomic mass is 10.1. The normalized spacial score (nSPS) is 24.8. The minimum atomic E-state index is -0.0100. The Morgan fingerprint density at radius 2 is 2.19 bits per heavy atom. The molecule has 21 heavy (non-hydrogen) atoms. The molecule has 5 heteroatoms. The van der Waals surface area contributed by atoms with E-state index in [4.69, 9.17) is 4.74 Å². The Morgan fingerprint density at radius 1 is 1.33 bits per heavy atom. The molecule has 5 nitrogen and oxygen atoms in total. The average Bonchev–Trinajstić information content (AvgIpc) is 2.63. The molecule has 114 valence electrons. The molecule has 1 aromatic rings. The largest absolute Gasteiger partial charge is 0.357 e. The molecule has 2 atom stereocenters. The molecule has 1 aromatic carbocycles. The van der Waals surface area contributed by atoms with Crippen LogP contribution in [0.15, 0.2) is 24.3 Å². The van der Waals surface area contributed by atoms with Crippen LogP contribution in [0, 0.1) is 0 Å². The molecule has 3 rings (SSSR count). The number of carbonyl (C=O) groups excluding carboxylic acids is 1. The van der Waals surface area contributed by atoms with Crippen LogP contribution in [0.3, 0.4) is 0 Å². The Bertz CT molecular complexity index is 506. The van der Waals surface area contributed by atoms with Gasteiger partial charge in [0.2, 0.25) is 5.91 Å². The van der Waals surface area contributed by atoms with Crippen molar-refractivity contribution in [3.05, 3.63) is 24.3 Å². The Hall–Kier alpha value is -1.59. The Kier molecular flexibility index (Phi) is 4.41. The number of hydrogen-bond donors (Lipinski definition) is 2. The molecule has 0 radical (unpaired) electrons. The quantitative estimate of drug-likeness (QED) is 0.832. The van der Waals surface area contributed by atoms with E-state index in [0.29, 0.717) is 6.42 Å². The Morgan fingerprint density at radius 3 is 3.05 bits per heavy atom. The number of benzene rings is 1. The second kappa shape index (κ2) is 6.45. The molecule has 2 aliphatic rings. The fraction of sp³-hybridized carbons (Fsp3) is 0.562. The van der Waals surface area contributed by atoms with Crippen LogP contribution in [0.25, 0.3) is 0 Å². The summed E-state index contributed by atoms with van der Waals surface area (Å²) in [5, 5.41) is 6.40. The van der Waals surface area contributed by atoms with Gasteiger partial charge in [-0.3, -0.25) is 4.79 Å². The number of nitrogens with zero attached hydrogens (tertiary/aromatic N) is 1. The van der Waals surface area contributed by atoms with Gasteiger partial charge in [0.15, 0.2) is 0 Å². The number of amides is 1. The maximum Gasteiger partial charge on any atom is 0.226 e. The molecular weight excluding hydrogens is 266 g/mol. The predicted octanol–water partition coefficient (Wildman–Crippen LogP) is 1.95. The topological polar surface area (TPSA) is 53.6 Å². The first-order valence-electron chi connectivity index (χ1n) is 7.79. The van der Waals surface area contributed by atoms with E-state index in [-0.39, 0.29) is 18.2 Å². The Labute approximate surface area is 125 Å². The van der Waals surface area contributed by atoms with Gasteiger partial charge in [0.25, 0.3) is 0 Å². The number of unbranched alkanes of at least 4 members (excludes halogenated alkanes) is 1. The summed E-state index contributed by atoms with van der Waals surface area (Å²) < 4.78 is 6.06. The van der Waals surface area contributed by atoms with Crippen LogP contribution in [0.1, 0.15) is 26.2 Å². The molecule has 0 saturated carbocycles. The third-order valence-electron chi connectivity index (χ3n) is 4.09. The van der Waals surface area contributed by atoms with Gasteiger partial charge in [0.05, 0.1) is 17.4 Å². The van der Waals surface area contributed by atoms with E-state index >= 15 is 0 Å². The maximum absolute atomic E-state index is 12.1. The summed E-state index contributed by atoms with van der Waals surface area (Å²) in [5.74, 6) is 0.0750. The van der Waals surface area contributed by atoms with Crippen molar-refractivity contribution in [2.45, 2.75) is 38.5 Å². The lowest BCUT2D eigenvalue weighted by Crippen LogP contribution is -2.58. The molecule has 1 fully saturated rings. The maximum atomic E-state index is 12.1. The highest BCUT2D eigenvalue weighted by Gasteiger charge is 2.35. The van der Waals surface area contributed by atoms with Crippen LogP contribution in [0.4, 0.5) is 11.4 Å². The van der Waals surface area contributed by atoms with Crippen molar-refractivity contribution in [1.82, 2.24) is 5.32 Å². The van der Waals surface area contributed by atoms with Crippen LogP contribution in [-0.2, 0) is 9.53 Å². The van der Waals surface area contributed by atoms with Gasteiger partial charge in [-0.2, -0.15) is 0 Å². The molecule has 0 spiro atoms. The summed E-state index contributed by atoms with van der Waals surface area (Å²) in [4.78, 5) is 14.3. The van der Waals surface area contributed by atoms with Crippen molar-refractivity contribution >= 4 is 17.3 Å². The number of ether oxygens (including phenoxy) is 1. The van der Waals surface area contributed by atoms with Crippen molar-refractivity contribution < 1.29 is 9.53 Å². The van der Waals surface area contributed by atoms with Gasteiger partial charge in [0, 0.05) is 26.1 Å². The molecule has 0 aliphatic carbocycles. The van der Waals surface area contributed by atoms with Gasteiger partial charge in [-0.25, -0.2) is 0 Å². The minimum Gasteiger partial charge on any atom is -0.357 e. The van der Waals surface area contributed by atoms with Crippen molar-refractivity contribution in [2.24, 2.45) is 0 Å². The molecule has 2 unspecified atom stereocenters. The molecule has 0 bridgehead atoms. The zero-order valence-corrected chi connectivity index (χ0v) is 12.5. The number of fused-ring (bicyclic) bond motifs is 3. The van der Waals surface area contributed by atoms with Crippen LogP contribution in [0.2, 0.25) is 0 Å². The van der Waals surface area contributed by atoms with Crippen molar-refractivity contribution in [3.63, 3.8) is 0 Å². The molecular formula is C16H23N3O2. The fourth-order valence-electron chi connectivity index (χ4n) is 3.05. The van der Waals surface area contributed by atoms with Crippen LogP contribution in [0.5, 0.6) is 0 Å². The van der Waals surface area contributed by atoms with E-state index in [2.05, 4.69) is 28.5 Å². The monoisotopic (exact) mass is 289 g/mol. The minimum absolute atomic E-state index is 0.0100. The van der Waals surface area contributed by atoms with E-state index in [9.17, 15) is 4.79 Å². The first kappa shape index (κ1) is 14.4. The van der Waals surface area contributed by atoms with E-state index in [1.165, 1.54) is 0 Å². The van der Waals surface area contributed by atoms with Crippen molar-refractivity contribution in [2.75, 3.05) is 29.9 Å². The number of piperazine rings is 1. The molecule has 1 amide bonds. The van der Waals surface area contributed by atoms with Gasteiger partial charge in [-0.15, -0.1) is 0 Å². The molecule has 2 aliphatic heterocycles. The second-order valence-electron chi connectivity index (χ2n) is 5.67. The lowest BCUT2D eigenvalue weighted by Gasteiger charge is -2.42. The standard InChI is InChI=1S/C16H23N3O2/c1-2-3-8-21-16-11-17-10-12-9-15(20)18-13-6-4-5-7-14(13)19(12)16/h4-7,12,16-17H,2-3,8-11H2,1H3,(H,18,20). The highest BCUT2D eigenvalue weighted by Crippen LogP contribution is 2.34. The van der Waals surface area contributed by atoms with Crippen molar-refractivity contribution in [3.8, 4) is 0 Å². The lowest BCUT2D eigenvalue weighted by molar-refractivity contribution is -0.116. The SMILES string of the molecule is CCCCOC1CNCC2CC(=O)Nc3ccccc3N21. The molecule has 1 saturated heterocycles. The zero-order valence-electron chi connectivity index (χ0n) is 12.5. The van der Waals surface area contributed by atoms with Gasteiger partial charge >= 0.3 is 0 Å². The predicted molar refractivity (Wildman–Crippen MR) is 83.5 cm³/mol. The summed E-state index contributed by atoms with van der Waals surface area (Å²) in [6.07, 6.45) is 2.67. The number of rotatable bonds is 4. The van der Waals surface area contributed by atoms with Gasteiger partial charge in [-0.05, 0) is 18.6 Å². The molecule has 2 N–H and O–H groups in total. The highest BCUT2D eigenvalue weighted by molar-refractivity contribution is 5.96. The smallest absolute Gasteiger partial charge is 0.226 e. The molecule has 2 heterocycles. The number of anilines is 2. The summed E-state index contributed by atoms with van der Waals surface area (Å²) in [6.45, 7) is 4.53. The summed E-state index contributed by atoms with van der Waals surface area (Å²) in [7, 11) is 0. The van der Waals surface area contributed by atoms with Crippen LogP contribution >= 0.6 is 0 Å². The first-order chi connectivity index (χ1) is 10.3. The van der Waals surface area contributed by atoms with E-state index in [1.807, 2.05) is 18.2 Å². The van der Waals surface area contributed by atoms with Crippen molar-refractivity contribution in [1.29, 1.82) is 0 Å². The van der Waals surface area contributed by atoms with Gasteiger partial charge in [-0.1, -0.05) is 25.5 Å².